The van der Waals surface area contributed by atoms with Gasteiger partial charge in [-0.05, 0) is 24.7 Å². The van der Waals surface area contributed by atoms with Crippen LogP contribution in [0.2, 0.25) is 0 Å². The van der Waals surface area contributed by atoms with Gasteiger partial charge in [-0.1, -0.05) is 182 Å². The van der Waals surface area contributed by atoms with E-state index in [1.165, 1.54) is 154 Å². The smallest absolute Gasteiger partial charge is 0.220 e. The highest BCUT2D eigenvalue weighted by Crippen LogP contribution is 2.16. The largest absolute Gasteiger partial charge is 0.355 e. The lowest BCUT2D eigenvalue weighted by molar-refractivity contribution is -0.121. The molecule has 2 amide bonds. The summed E-state index contributed by atoms with van der Waals surface area (Å²) in [5.74, 6) is 2.05. The minimum Gasteiger partial charge on any atom is -0.355 e. The topological polar surface area (TPSA) is 70.2 Å². The molecule has 0 aliphatic heterocycles. The van der Waals surface area contributed by atoms with Crippen molar-refractivity contribution in [1.82, 2.24) is 16.0 Å². The van der Waals surface area contributed by atoms with Gasteiger partial charge in [0.2, 0.25) is 11.8 Å². The number of carbonyl (C=O) groups is 2. The highest BCUT2D eigenvalue weighted by atomic mass is 16.2. The molecule has 0 aromatic carbocycles. The summed E-state index contributed by atoms with van der Waals surface area (Å²) in [6.07, 6.45) is 35.9. The molecule has 0 atom stereocenters. The van der Waals surface area contributed by atoms with Crippen molar-refractivity contribution in [2.75, 3.05) is 26.2 Å². The van der Waals surface area contributed by atoms with Gasteiger partial charge in [0.1, 0.15) is 0 Å². The third-order valence-electron chi connectivity index (χ3n) is 9.12. The van der Waals surface area contributed by atoms with Crippen LogP contribution in [0.4, 0.5) is 0 Å². The van der Waals surface area contributed by atoms with Crippen molar-refractivity contribution in [1.29, 1.82) is 0 Å². The predicted molar refractivity (Wildman–Crippen MR) is 198 cm³/mol. The molecular weight excluding hydrogens is 554 g/mol. The highest BCUT2D eigenvalue weighted by molar-refractivity contribution is 5.76. The summed E-state index contributed by atoms with van der Waals surface area (Å²) in [7, 11) is 0. The van der Waals surface area contributed by atoms with Crippen LogP contribution in [-0.4, -0.2) is 38.0 Å². The molecule has 0 aliphatic carbocycles. The highest BCUT2D eigenvalue weighted by Gasteiger charge is 2.03. The Morgan fingerprint density at radius 1 is 0.356 bits per heavy atom. The van der Waals surface area contributed by atoms with Gasteiger partial charge in [0.05, 0.1) is 0 Å². The van der Waals surface area contributed by atoms with Crippen LogP contribution in [-0.2, 0) is 9.59 Å². The second-order valence-electron chi connectivity index (χ2n) is 14.8. The Balaban J connectivity index is 3.26. The second-order valence-corrected chi connectivity index (χ2v) is 14.8. The van der Waals surface area contributed by atoms with Gasteiger partial charge in [0.15, 0.2) is 0 Å². The Bertz CT molecular complexity index is 571. The first-order chi connectivity index (χ1) is 21.9. The van der Waals surface area contributed by atoms with Gasteiger partial charge >= 0.3 is 0 Å². The molecule has 45 heavy (non-hydrogen) atoms. The Morgan fingerprint density at radius 3 is 0.867 bits per heavy atom. The minimum absolute atomic E-state index is 0.168. The molecular formula is C40H81N3O2. The Kier molecular flexibility index (Phi) is 34.9. The maximum Gasteiger partial charge on any atom is 0.220 e. The van der Waals surface area contributed by atoms with Crippen molar-refractivity contribution < 1.29 is 9.59 Å². The number of rotatable bonds is 36. The van der Waals surface area contributed by atoms with E-state index >= 15 is 0 Å². The normalized spacial score (nSPS) is 11.5. The van der Waals surface area contributed by atoms with Crippen LogP contribution in [0.15, 0.2) is 0 Å². The fraction of sp³-hybridized carbons (Fsp3) is 0.950. The van der Waals surface area contributed by atoms with Crippen LogP contribution in [0.3, 0.4) is 0 Å². The van der Waals surface area contributed by atoms with Gasteiger partial charge in [-0.15, -0.1) is 0 Å². The Morgan fingerprint density at radius 2 is 0.600 bits per heavy atom. The SMILES string of the molecule is CC(C)CCCCCCCCCCCCCCC(=O)NCCNCCNC(=O)CCCCCCCCCCCCCCC(C)C. The number of unbranched alkanes of at least 4 members (excludes halogenated alkanes) is 22. The molecule has 3 N–H and O–H groups in total. The van der Waals surface area contributed by atoms with E-state index in [9.17, 15) is 9.59 Å². The summed E-state index contributed by atoms with van der Waals surface area (Å²) in [6.45, 7) is 12.1. The molecule has 0 bridgehead atoms. The van der Waals surface area contributed by atoms with E-state index < -0.39 is 0 Å². The number of amides is 2. The molecule has 5 nitrogen and oxygen atoms in total. The summed E-state index contributed by atoms with van der Waals surface area (Å²) in [6, 6.07) is 0. The molecule has 0 aromatic rings. The lowest BCUT2D eigenvalue weighted by atomic mass is 10.0. The maximum atomic E-state index is 12.0. The first-order valence-electron chi connectivity index (χ1n) is 20.2. The summed E-state index contributed by atoms with van der Waals surface area (Å²) < 4.78 is 0. The lowest BCUT2D eigenvalue weighted by Crippen LogP contribution is -2.36. The van der Waals surface area contributed by atoms with Crippen molar-refractivity contribution >= 4 is 11.8 Å². The van der Waals surface area contributed by atoms with Gasteiger partial charge in [-0.2, -0.15) is 0 Å². The maximum absolute atomic E-state index is 12.0. The third-order valence-corrected chi connectivity index (χ3v) is 9.12. The molecule has 0 spiro atoms. The van der Waals surface area contributed by atoms with E-state index in [1.807, 2.05) is 0 Å². The molecule has 0 saturated carbocycles. The number of hydrogen-bond donors (Lipinski definition) is 3. The van der Waals surface area contributed by atoms with Crippen molar-refractivity contribution in [3.05, 3.63) is 0 Å². The molecule has 0 aromatic heterocycles. The monoisotopic (exact) mass is 636 g/mol. The Labute approximate surface area is 282 Å². The van der Waals surface area contributed by atoms with Gasteiger partial charge in [0, 0.05) is 39.0 Å². The summed E-state index contributed by atoms with van der Waals surface area (Å²) in [5, 5.41) is 9.34. The van der Waals surface area contributed by atoms with Crippen LogP contribution in [0.1, 0.15) is 207 Å². The fourth-order valence-electron chi connectivity index (χ4n) is 6.09. The van der Waals surface area contributed by atoms with Crippen LogP contribution < -0.4 is 16.0 Å². The zero-order valence-electron chi connectivity index (χ0n) is 31.1. The fourth-order valence-corrected chi connectivity index (χ4v) is 6.09. The van der Waals surface area contributed by atoms with Gasteiger partial charge in [0.25, 0.3) is 0 Å². The van der Waals surface area contributed by atoms with Gasteiger partial charge < -0.3 is 16.0 Å². The van der Waals surface area contributed by atoms with Crippen LogP contribution in [0.25, 0.3) is 0 Å². The van der Waals surface area contributed by atoms with Crippen LogP contribution >= 0.6 is 0 Å². The van der Waals surface area contributed by atoms with E-state index in [1.54, 1.807) is 0 Å². The second kappa shape index (κ2) is 35.7. The standard InChI is InChI=1S/C40H81N3O2/c1-37(2)29-25-21-17-13-9-5-7-11-15-19-23-27-31-39(44)42-35-33-41-34-36-43-40(45)32-28-24-20-16-12-8-6-10-14-18-22-26-30-38(3)4/h37-38,41H,5-36H2,1-4H3,(H,42,44)(H,43,45). The molecule has 5 heteroatoms. The average Bonchev–Trinajstić information content (AvgIpc) is 3.00. The minimum atomic E-state index is 0.168. The van der Waals surface area contributed by atoms with E-state index in [4.69, 9.17) is 0 Å². The molecule has 0 aliphatic rings. The molecule has 0 radical (unpaired) electrons. The molecule has 0 unspecified atom stereocenters. The molecule has 0 rings (SSSR count). The quantitative estimate of drug-likeness (QED) is 0.0600. The van der Waals surface area contributed by atoms with Gasteiger partial charge in [-0.3, -0.25) is 9.59 Å². The van der Waals surface area contributed by atoms with Gasteiger partial charge in [-0.25, -0.2) is 0 Å². The average molecular weight is 636 g/mol. The zero-order valence-corrected chi connectivity index (χ0v) is 31.1. The van der Waals surface area contributed by atoms with Crippen molar-refractivity contribution in [2.45, 2.75) is 207 Å². The number of carbonyl (C=O) groups excluding carboxylic acids is 2. The zero-order chi connectivity index (χ0) is 33.1. The lowest BCUT2D eigenvalue weighted by Gasteiger charge is -2.08. The predicted octanol–water partition coefficient (Wildman–Crippen LogP) is 11.0. The van der Waals surface area contributed by atoms with Crippen molar-refractivity contribution in [2.24, 2.45) is 11.8 Å². The number of nitrogens with one attached hydrogen (secondary N) is 3. The van der Waals surface area contributed by atoms with Crippen molar-refractivity contribution in [3.8, 4) is 0 Å². The summed E-state index contributed by atoms with van der Waals surface area (Å²) >= 11 is 0. The third kappa shape index (κ3) is 39.0. The van der Waals surface area contributed by atoms with E-state index in [-0.39, 0.29) is 11.8 Å². The number of hydrogen-bond acceptors (Lipinski definition) is 3. The summed E-state index contributed by atoms with van der Waals surface area (Å²) in [5.41, 5.74) is 0. The van der Waals surface area contributed by atoms with Crippen LogP contribution in [0.5, 0.6) is 0 Å². The molecule has 0 fully saturated rings. The van der Waals surface area contributed by atoms with E-state index in [0.29, 0.717) is 25.9 Å². The Hall–Kier alpha value is -1.10. The first kappa shape index (κ1) is 43.9. The molecule has 0 heterocycles. The van der Waals surface area contributed by atoms with E-state index in [2.05, 4.69) is 43.6 Å². The first-order valence-corrected chi connectivity index (χ1v) is 20.2. The van der Waals surface area contributed by atoms with E-state index in [0.717, 1.165) is 37.8 Å². The molecule has 0 saturated heterocycles. The summed E-state index contributed by atoms with van der Waals surface area (Å²) in [4.78, 5) is 24.1. The van der Waals surface area contributed by atoms with Crippen molar-refractivity contribution in [3.63, 3.8) is 0 Å². The molecule has 268 valence electrons. The van der Waals surface area contributed by atoms with Crippen LogP contribution in [0, 0.1) is 11.8 Å².